The van der Waals surface area contributed by atoms with Crippen LogP contribution in [0.25, 0.3) is 33.5 Å². The van der Waals surface area contributed by atoms with E-state index in [0.717, 1.165) is 39.4 Å². The van der Waals surface area contributed by atoms with Crippen LogP contribution >= 0.6 is 11.8 Å². The van der Waals surface area contributed by atoms with Crippen LogP contribution in [0.1, 0.15) is 8.42 Å². The zero-order chi connectivity index (χ0) is 19.6. The van der Waals surface area contributed by atoms with Crippen LogP contribution in [0.4, 0.5) is 0 Å². The molecule has 2 heterocycles. The van der Waals surface area contributed by atoms with Gasteiger partial charge in [-0.05, 0) is 40.3 Å². The molecule has 0 fully saturated rings. The SMILES string of the molecule is CSc1nc2ccccc2n1Cc1ccc(-c2ccccc2-c2nn[nH]n2)cc1.[H-].[H-].[Na+].[Na+]. The van der Waals surface area contributed by atoms with E-state index in [4.69, 9.17) is 4.98 Å². The minimum absolute atomic E-state index is 0. The number of rotatable bonds is 5. The fourth-order valence-electron chi connectivity index (χ4n) is 3.54. The standard InChI is InChI=1S/C22H18N6S.2Na.2H/c1-29-22-23-19-8-4-5-9-20(19)28(22)14-15-10-12-16(13-11-15)17-6-2-3-7-18(17)21-24-26-27-25-21;;;;/h2-13H,14H2,1H3,(H,24,25,26,27);;;;/q;2*+1;2*-1. The van der Waals surface area contributed by atoms with Crippen molar-refractivity contribution in [1.29, 1.82) is 0 Å². The normalized spacial score (nSPS) is 10.5. The molecule has 9 heteroatoms. The maximum Gasteiger partial charge on any atom is 1.00 e. The van der Waals surface area contributed by atoms with E-state index in [2.05, 4.69) is 80.0 Å². The molecule has 31 heavy (non-hydrogen) atoms. The average Bonchev–Trinajstić information content (AvgIpc) is 3.43. The third kappa shape index (κ3) is 4.98. The summed E-state index contributed by atoms with van der Waals surface area (Å²) in [5, 5.41) is 15.5. The second-order valence-corrected chi connectivity index (χ2v) is 7.42. The van der Waals surface area contributed by atoms with E-state index in [1.54, 1.807) is 11.8 Å². The molecule has 146 valence electrons. The maximum absolute atomic E-state index is 4.74. The van der Waals surface area contributed by atoms with Crippen LogP contribution in [-0.2, 0) is 6.54 Å². The van der Waals surface area contributed by atoms with Gasteiger partial charge in [-0.1, -0.05) is 72.4 Å². The van der Waals surface area contributed by atoms with E-state index in [9.17, 15) is 0 Å². The molecule has 2 aromatic heterocycles. The Morgan fingerprint density at radius 3 is 2.32 bits per heavy atom. The summed E-state index contributed by atoms with van der Waals surface area (Å²) in [5.41, 5.74) is 6.57. The minimum atomic E-state index is 0. The van der Waals surface area contributed by atoms with Gasteiger partial charge in [0.1, 0.15) is 0 Å². The number of para-hydroxylation sites is 2. The smallest absolute Gasteiger partial charge is 1.00 e. The first-order valence-corrected chi connectivity index (χ1v) is 10.5. The number of imidazole rings is 1. The number of nitrogens with one attached hydrogen (secondary N) is 1. The van der Waals surface area contributed by atoms with E-state index >= 15 is 0 Å². The van der Waals surface area contributed by atoms with Crippen LogP contribution < -0.4 is 59.1 Å². The predicted molar refractivity (Wildman–Crippen MR) is 118 cm³/mol. The molecule has 6 nitrogen and oxygen atoms in total. The van der Waals surface area contributed by atoms with Gasteiger partial charge < -0.3 is 7.42 Å². The Balaban J connectivity index is 0.00000136. The van der Waals surface area contributed by atoms with Crippen molar-refractivity contribution < 1.29 is 62.0 Å². The van der Waals surface area contributed by atoms with Gasteiger partial charge in [0.2, 0.25) is 5.82 Å². The second-order valence-electron chi connectivity index (χ2n) is 6.65. The van der Waals surface area contributed by atoms with Gasteiger partial charge >= 0.3 is 59.1 Å². The molecule has 3 aromatic carbocycles. The summed E-state index contributed by atoms with van der Waals surface area (Å²) < 4.78 is 2.27. The number of thioether (sulfide) groups is 1. The van der Waals surface area contributed by atoms with E-state index in [1.807, 2.05) is 24.3 Å². The minimum Gasteiger partial charge on any atom is -1.00 e. The van der Waals surface area contributed by atoms with Crippen molar-refractivity contribution in [3.05, 3.63) is 78.4 Å². The van der Waals surface area contributed by atoms with Gasteiger partial charge in [0.05, 0.1) is 17.6 Å². The van der Waals surface area contributed by atoms with E-state index in [1.165, 1.54) is 5.56 Å². The van der Waals surface area contributed by atoms with Crippen molar-refractivity contribution in [2.75, 3.05) is 6.26 Å². The topological polar surface area (TPSA) is 72.3 Å². The number of hydrogen-bond donors (Lipinski definition) is 1. The van der Waals surface area contributed by atoms with Gasteiger partial charge in [0.15, 0.2) is 5.16 Å². The Labute approximate surface area is 231 Å². The quantitative estimate of drug-likeness (QED) is 0.274. The van der Waals surface area contributed by atoms with Gasteiger partial charge in [-0.2, -0.15) is 5.21 Å². The van der Waals surface area contributed by atoms with E-state index < -0.39 is 0 Å². The van der Waals surface area contributed by atoms with Crippen molar-refractivity contribution in [2.24, 2.45) is 0 Å². The molecule has 0 aliphatic rings. The first-order chi connectivity index (χ1) is 14.3. The second kappa shape index (κ2) is 10.9. The molecule has 0 radical (unpaired) electrons. The predicted octanol–water partition coefficient (Wildman–Crippen LogP) is -1.11. The van der Waals surface area contributed by atoms with Crippen molar-refractivity contribution in [2.45, 2.75) is 11.7 Å². The number of aromatic nitrogens is 6. The average molecular weight is 446 g/mol. The van der Waals surface area contributed by atoms with Crippen molar-refractivity contribution in [3.8, 4) is 22.5 Å². The number of tetrazole rings is 1. The van der Waals surface area contributed by atoms with Crippen LogP contribution in [0.5, 0.6) is 0 Å². The molecule has 0 aliphatic carbocycles. The summed E-state index contributed by atoms with van der Waals surface area (Å²) in [5.74, 6) is 0.596. The molecular formula is C22H20N6Na2S. The molecule has 5 aromatic rings. The summed E-state index contributed by atoms with van der Waals surface area (Å²) in [7, 11) is 0. The van der Waals surface area contributed by atoms with E-state index in [0.29, 0.717) is 5.82 Å². The van der Waals surface area contributed by atoms with Gasteiger partial charge in [-0.25, -0.2) is 4.98 Å². The van der Waals surface area contributed by atoms with Gasteiger partial charge in [-0.3, -0.25) is 0 Å². The maximum atomic E-state index is 4.74. The Kier molecular flexibility index (Phi) is 8.52. The van der Waals surface area contributed by atoms with Crippen LogP contribution in [0.15, 0.2) is 78.0 Å². The van der Waals surface area contributed by atoms with E-state index in [-0.39, 0.29) is 62.0 Å². The van der Waals surface area contributed by atoms with Crippen LogP contribution in [0.2, 0.25) is 0 Å². The summed E-state index contributed by atoms with van der Waals surface area (Å²) in [6.45, 7) is 0.781. The third-order valence-electron chi connectivity index (χ3n) is 4.92. The first kappa shape index (κ1) is 24.2. The molecule has 5 rings (SSSR count). The molecule has 0 saturated carbocycles. The number of nitrogens with zero attached hydrogens (tertiary/aromatic N) is 5. The summed E-state index contributed by atoms with van der Waals surface area (Å²) in [6.07, 6.45) is 2.07. The van der Waals surface area contributed by atoms with Crippen molar-refractivity contribution in [3.63, 3.8) is 0 Å². The molecular weight excluding hydrogens is 426 g/mol. The Hall–Kier alpha value is -1.45. The summed E-state index contributed by atoms with van der Waals surface area (Å²) >= 11 is 1.67. The van der Waals surface area contributed by atoms with Gasteiger partial charge in [0.25, 0.3) is 0 Å². The first-order valence-electron chi connectivity index (χ1n) is 9.25. The molecule has 0 atom stereocenters. The number of fused-ring (bicyclic) bond motifs is 1. The largest absolute Gasteiger partial charge is 1.00 e. The van der Waals surface area contributed by atoms with Crippen molar-refractivity contribution in [1.82, 2.24) is 30.2 Å². The molecule has 0 amide bonds. The Bertz CT molecular complexity index is 1280. The van der Waals surface area contributed by atoms with Crippen LogP contribution in [-0.4, -0.2) is 36.4 Å². The number of hydrogen-bond acceptors (Lipinski definition) is 5. The molecule has 0 spiro atoms. The molecule has 0 saturated heterocycles. The van der Waals surface area contributed by atoms with Gasteiger partial charge in [0, 0.05) is 5.56 Å². The fraction of sp³-hybridized carbons (Fsp3) is 0.0909. The number of H-pyrrole nitrogens is 1. The summed E-state index contributed by atoms with van der Waals surface area (Å²) in [4.78, 5) is 4.74. The van der Waals surface area contributed by atoms with Crippen LogP contribution in [0, 0.1) is 0 Å². The fourth-order valence-corrected chi connectivity index (χ4v) is 4.11. The number of benzene rings is 3. The molecule has 0 bridgehead atoms. The van der Waals surface area contributed by atoms with Crippen molar-refractivity contribution >= 4 is 22.8 Å². The van der Waals surface area contributed by atoms with Crippen LogP contribution in [0.3, 0.4) is 0 Å². The Morgan fingerprint density at radius 2 is 1.61 bits per heavy atom. The monoisotopic (exact) mass is 446 g/mol. The molecule has 0 aliphatic heterocycles. The zero-order valence-corrected chi connectivity index (χ0v) is 22.6. The van der Waals surface area contributed by atoms with Gasteiger partial charge in [-0.15, -0.1) is 10.2 Å². The zero-order valence-electron chi connectivity index (χ0n) is 19.8. The Morgan fingerprint density at radius 1 is 0.903 bits per heavy atom. The summed E-state index contributed by atoms with van der Waals surface area (Å²) in [6, 6.07) is 25.0. The molecule has 1 N–H and O–H groups in total. The third-order valence-corrected chi connectivity index (χ3v) is 5.60. The molecule has 0 unspecified atom stereocenters. The number of aromatic amines is 1.